The van der Waals surface area contributed by atoms with Gasteiger partial charge in [0.05, 0.1) is 17.9 Å². The van der Waals surface area contributed by atoms with Gasteiger partial charge in [-0.05, 0) is 31.2 Å². The summed E-state index contributed by atoms with van der Waals surface area (Å²) in [5.74, 6) is 0.699. The number of nitrogens with zero attached hydrogens (tertiary/aromatic N) is 2. The molecule has 124 valence electrons. The second-order valence-electron chi connectivity index (χ2n) is 4.94. The molecule has 3 rings (SSSR count). The summed E-state index contributed by atoms with van der Waals surface area (Å²) >= 11 is 9.06. The predicted molar refractivity (Wildman–Crippen MR) is 99.5 cm³/mol. The van der Waals surface area contributed by atoms with Gasteiger partial charge in [0.25, 0.3) is 0 Å². The van der Waals surface area contributed by atoms with E-state index in [2.05, 4.69) is 15.3 Å². The fourth-order valence-electron chi connectivity index (χ4n) is 2.14. The van der Waals surface area contributed by atoms with Gasteiger partial charge in [-0.2, -0.15) is 0 Å². The van der Waals surface area contributed by atoms with Crippen LogP contribution >= 0.6 is 34.7 Å². The molecule has 2 aromatic heterocycles. The van der Waals surface area contributed by atoms with Crippen LogP contribution < -0.4 is 10.1 Å². The molecule has 3 aromatic rings. The molecule has 1 aromatic carbocycles. The summed E-state index contributed by atoms with van der Waals surface area (Å²) < 4.78 is 5.09. The van der Waals surface area contributed by atoms with E-state index in [9.17, 15) is 4.79 Å². The number of aromatic nitrogens is 2. The average molecular weight is 380 g/mol. The van der Waals surface area contributed by atoms with Crippen molar-refractivity contribution in [3.8, 4) is 5.75 Å². The van der Waals surface area contributed by atoms with E-state index < -0.39 is 0 Å². The molecule has 1 N–H and O–H groups in total. The van der Waals surface area contributed by atoms with E-state index in [0.29, 0.717) is 16.5 Å². The molecule has 0 saturated heterocycles. The van der Waals surface area contributed by atoms with Crippen molar-refractivity contribution in [1.82, 2.24) is 9.97 Å². The van der Waals surface area contributed by atoms with E-state index in [1.165, 1.54) is 23.0 Å². The number of aryl methyl sites for hydroxylation is 1. The third-order valence-electron chi connectivity index (χ3n) is 3.19. The van der Waals surface area contributed by atoms with Crippen molar-refractivity contribution in [2.75, 3.05) is 18.2 Å². The molecule has 0 radical (unpaired) electrons. The van der Waals surface area contributed by atoms with Crippen molar-refractivity contribution in [3.05, 3.63) is 40.5 Å². The summed E-state index contributed by atoms with van der Waals surface area (Å²) in [6.45, 7) is 2.03. The molecular formula is C16H14ClN3O2S2. The van der Waals surface area contributed by atoms with Gasteiger partial charge >= 0.3 is 0 Å². The fraction of sp³-hybridized carbons (Fsp3) is 0.188. The van der Waals surface area contributed by atoms with Gasteiger partial charge in [0.1, 0.15) is 21.9 Å². The number of rotatable bonds is 5. The summed E-state index contributed by atoms with van der Waals surface area (Å²) in [6, 6.07) is 7.17. The maximum Gasteiger partial charge on any atom is 0.234 e. The average Bonchev–Trinajstić information content (AvgIpc) is 2.94. The van der Waals surface area contributed by atoms with Crippen molar-refractivity contribution in [2.24, 2.45) is 0 Å². The molecule has 5 nitrogen and oxygen atoms in total. The number of benzene rings is 1. The number of hydrogen-bond donors (Lipinski definition) is 1. The number of anilines is 1. The number of amides is 1. The number of thioether (sulfide) groups is 1. The minimum Gasteiger partial charge on any atom is -0.495 e. The first-order valence-electron chi connectivity index (χ1n) is 7.04. The predicted octanol–water partition coefficient (Wildman–Crippen LogP) is 4.39. The smallest absolute Gasteiger partial charge is 0.234 e. The Hall–Kier alpha value is -1.83. The maximum atomic E-state index is 12.1. The van der Waals surface area contributed by atoms with Crippen LogP contribution in [0.25, 0.3) is 10.2 Å². The van der Waals surface area contributed by atoms with Crippen molar-refractivity contribution >= 4 is 56.5 Å². The lowest BCUT2D eigenvalue weighted by Gasteiger charge is -2.08. The third kappa shape index (κ3) is 3.80. The van der Waals surface area contributed by atoms with Gasteiger partial charge < -0.3 is 10.1 Å². The lowest BCUT2D eigenvalue weighted by molar-refractivity contribution is -0.113. The highest BCUT2D eigenvalue weighted by Gasteiger charge is 2.11. The molecule has 0 unspecified atom stereocenters. The van der Waals surface area contributed by atoms with Crippen LogP contribution in [0.1, 0.15) is 4.88 Å². The molecule has 0 aliphatic carbocycles. The van der Waals surface area contributed by atoms with Gasteiger partial charge in [0.2, 0.25) is 5.91 Å². The highest BCUT2D eigenvalue weighted by atomic mass is 35.5. The Bertz CT molecular complexity index is 898. The number of nitrogens with one attached hydrogen (secondary N) is 1. The number of halogens is 1. The largest absolute Gasteiger partial charge is 0.495 e. The van der Waals surface area contributed by atoms with Crippen molar-refractivity contribution in [3.63, 3.8) is 0 Å². The molecule has 1 amide bonds. The van der Waals surface area contributed by atoms with E-state index in [-0.39, 0.29) is 11.7 Å². The molecule has 0 aliphatic heterocycles. The van der Waals surface area contributed by atoms with Crippen molar-refractivity contribution < 1.29 is 9.53 Å². The first-order valence-corrected chi connectivity index (χ1v) is 9.22. The Kier molecular flexibility index (Phi) is 5.23. The Balaban J connectivity index is 1.66. The number of thiophene rings is 1. The van der Waals surface area contributed by atoms with Crippen LogP contribution in [-0.4, -0.2) is 28.7 Å². The van der Waals surface area contributed by atoms with Crippen molar-refractivity contribution in [1.29, 1.82) is 0 Å². The summed E-state index contributed by atoms with van der Waals surface area (Å²) in [5.41, 5.74) is 0.630. The Morgan fingerprint density at radius 2 is 2.21 bits per heavy atom. The minimum absolute atomic E-state index is 0.125. The first-order chi connectivity index (χ1) is 11.6. The second kappa shape index (κ2) is 7.38. The fourth-order valence-corrected chi connectivity index (χ4v) is 4.09. The molecule has 2 heterocycles. The van der Waals surface area contributed by atoms with Crippen LogP contribution in [0, 0.1) is 6.92 Å². The van der Waals surface area contributed by atoms with Crippen LogP contribution in [0.2, 0.25) is 5.02 Å². The molecule has 0 spiro atoms. The highest BCUT2D eigenvalue weighted by molar-refractivity contribution is 8.00. The Labute approximate surface area is 152 Å². The quantitative estimate of drug-likeness (QED) is 0.526. The molecule has 0 fully saturated rings. The SMILES string of the molecule is COc1ccc(NC(=O)CSc2ncnc3sc(C)cc23)cc1Cl. The maximum absolute atomic E-state index is 12.1. The zero-order valence-electron chi connectivity index (χ0n) is 13.0. The van der Waals surface area contributed by atoms with Crippen molar-refractivity contribution in [2.45, 2.75) is 11.9 Å². The van der Waals surface area contributed by atoms with Crippen LogP contribution in [0.4, 0.5) is 5.69 Å². The molecule has 0 aliphatic rings. The second-order valence-corrected chi connectivity index (χ2v) is 7.55. The van der Waals surface area contributed by atoms with E-state index in [0.717, 1.165) is 15.2 Å². The van der Waals surface area contributed by atoms with E-state index in [4.69, 9.17) is 16.3 Å². The molecule has 0 atom stereocenters. The lowest BCUT2D eigenvalue weighted by Crippen LogP contribution is -2.14. The van der Waals surface area contributed by atoms with Gasteiger partial charge in [0, 0.05) is 16.0 Å². The van der Waals surface area contributed by atoms with Gasteiger partial charge in [-0.3, -0.25) is 4.79 Å². The normalized spacial score (nSPS) is 10.8. The summed E-state index contributed by atoms with van der Waals surface area (Å²) in [7, 11) is 1.55. The number of carbonyl (C=O) groups is 1. The topological polar surface area (TPSA) is 64.1 Å². The molecule has 0 saturated carbocycles. The highest BCUT2D eigenvalue weighted by Crippen LogP contribution is 2.31. The van der Waals surface area contributed by atoms with Crippen LogP contribution in [0.3, 0.4) is 0 Å². The summed E-state index contributed by atoms with van der Waals surface area (Å²) in [5, 5.41) is 5.07. The number of fused-ring (bicyclic) bond motifs is 1. The van der Waals surface area contributed by atoms with Crippen LogP contribution in [0.15, 0.2) is 35.6 Å². The van der Waals surface area contributed by atoms with E-state index in [1.807, 2.05) is 13.0 Å². The number of methoxy groups -OCH3 is 1. The summed E-state index contributed by atoms with van der Waals surface area (Å²) in [6.07, 6.45) is 1.53. The lowest BCUT2D eigenvalue weighted by atomic mass is 10.3. The Morgan fingerprint density at radius 3 is 2.96 bits per heavy atom. The van der Waals surface area contributed by atoms with Gasteiger partial charge in [-0.1, -0.05) is 23.4 Å². The van der Waals surface area contributed by atoms with Crippen LogP contribution in [0.5, 0.6) is 5.75 Å². The van der Waals surface area contributed by atoms with Gasteiger partial charge in [-0.15, -0.1) is 11.3 Å². The van der Waals surface area contributed by atoms with E-state index in [1.54, 1.807) is 36.6 Å². The zero-order valence-corrected chi connectivity index (χ0v) is 15.4. The standard InChI is InChI=1S/C16H14ClN3O2S2/c1-9-5-11-15(18-8-19-16(11)24-9)23-7-14(21)20-10-3-4-13(22-2)12(17)6-10/h3-6,8H,7H2,1-2H3,(H,20,21). The molecular weight excluding hydrogens is 366 g/mol. The van der Waals surface area contributed by atoms with E-state index >= 15 is 0 Å². The minimum atomic E-state index is -0.125. The Morgan fingerprint density at radius 1 is 1.38 bits per heavy atom. The van der Waals surface area contributed by atoms with Gasteiger partial charge in [-0.25, -0.2) is 9.97 Å². The number of hydrogen-bond acceptors (Lipinski definition) is 6. The molecule has 0 bridgehead atoms. The third-order valence-corrected chi connectivity index (χ3v) is 5.45. The summed E-state index contributed by atoms with van der Waals surface area (Å²) in [4.78, 5) is 22.8. The van der Waals surface area contributed by atoms with Gasteiger partial charge in [0.15, 0.2) is 0 Å². The first kappa shape index (κ1) is 17.0. The van der Waals surface area contributed by atoms with Crippen LogP contribution in [-0.2, 0) is 4.79 Å². The molecule has 24 heavy (non-hydrogen) atoms. The zero-order chi connectivity index (χ0) is 17.1. The number of carbonyl (C=O) groups excluding carboxylic acids is 1. The monoisotopic (exact) mass is 379 g/mol. The number of ether oxygens (including phenoxy) is 1. The molecule has 8 heteroatoms.